The Morgan fingerprint density at radius 1 is 1.15 bits per heavy atom. The van der Waals surface area contributed by atoms with Crippen LogP contribution in [0.1, 0.15) is 10.4 Å². The van der Waals surface area contributed by atoms with Gasteiger partial charge in [-0.3, -0.25) is 9.48 Å². The van der Waals surface area contributed by atoms with E-state index < -0.39 is 0 Å². The second kappa shape index (κ2) is 5.00. The molecule has 2 heterocycles. The molecule has 20 heavy (non-hydrogen) atoms. The number of aryl methyl sites for hydroxylation is 1. The number of rotatable bonds is 3. The molecule has 0 spiro atoms. The topological polar surface area (TPSA) is 64.7 Å². The summed E-state index contributed by atoms with van der Waals surface area (Å²) in [5, 5.41) is 6.81. The molecule has 0 aliphatic rings. The lowest BCUT2D eigenvalue weighted by Crippen LogP contribution is -2.14. The quantitative estimate of drug-likeness (QED) is 0.787. The minimum atomic E-state index is -0.161. The molecular weight excluding hydrogens is 254 g/mol. The van der Waals surface area contributed by atoms with E-state index in [9.17, 15) is 4.79 Å². The highest BCUT2D eigenvalue weighted by Gasteiger charge is 2.08. The first-order valence-electron chi connectivity index (χ1n) is 6.12. The number of hydrogen-bond acceptors (Lipinski definition) is 3. The molecule has 100 valence electrons. The number of amides is 1. The van der Waals surface area contributed by atoms with Gasteiger partial charge in [-0.05, 0) is 24.3 Å². The summed E-state index contributed by atoms with van der Waals surface area (Å²) in [5.41, 5.74) is 1.55. The molecule has 0 radical (unpaired) electrons. The average molecular weight is 267 g/mol. The van der Waals surface area contributed by atoms with E-state index in [2.05, 4.69) is 15.4 Å². The predicted molar refractivity (Wildman–Crippen MR) is 74.7 cm³/mol. The first-order valence-corrected chi connectivity index (χ1v) is 6.12. The summed E-state index contributed by atoms with van der Waals surface area (Å²) in [6.45, 7) is 0. The third kappa shape index (κ3) is 2.31. The molecule has 0 aliphatic heterocycles. The molecule has 0 fully saturated rings. The van der Waals surface area contributed by atoms with Crippen molar-refractivity contribution in [2.75, 3.05) is 5.32 Å². The van der Waals surface area contributed by atoms with Crippen molar-refractivity contribution in [3.63, 3.8) is 0 Å². The van der Waals surface area contributed by atoms with Gasteiger partial charge in [0.25, 0.3) is 5.91 Å². The third-order valence-corrected chi connectivity index (χ3v) is 2.99. The van der Waals surface area contributed by atoms with E-state index >= 15 is 0 Å². The zero-order valence-corrected chi connectivity index (χ0v) is 10.9. The Morgan fingerprint density at radius 3 is 2.55 bits per heavy atom. The van der Waals surface area contributed by atoms with E-state index in [-0.39, 0.29) is 5.91 Å². The van der Waals surface area contributed by atoms with Crippen LogP contribution in [0.25, 0.3) is 5.69 Å². The smallest absolute Gasteiger partial charge is 0.256 e. The first kappa shape index (κ1) is 12.2. The van der Waals surface area contributed by atoms with E-state index in [0.29, 0.717) is 11.4 Å². The van der Waals surface area contributed by atoms with E-state index in [1.807, 2.05) is 22.9 Å². The van der Waals surface area contributed by atoms with Crippen molar-refractivity contribution in [2.45, 2.75) is 0 Å². The molecule has 3 aromatic rings. The lowest BCUT2D eigenvalue weighted by molar-refractivity contribution is 0.102. The van der Waals surface area contributed by atoms with Gasteiger partial charge in [0.15, 0.2) is 0 Å². The van der Waals surface area contributed by atoms with Gasteiger partial charge >= 0.3 is 0 Å². The molecule has 3 rings (SSSR count). The Morgan fingerprint density at radius 2 is 1.95 bits per heavy atom. The standard InChI is InChI=1S/C14H13N5O/c1-18-13(6-7-16-18)17-14(20)11-2-4-12(5-3-11)19-9-8-15-10-19/h2-10H,1H3,(H,17,20). The number of aromatic nitrogens is 4. The molecule has 6 nitrogen and oxygen atoms in total. The molecule has 1 N–H and O–H groups in total. The Labute approximate surface area is 115 Å². The van der Waals surface area contributed by atoms with Crippen LogP contribution in [0.5, 0.6) is 0 Å². The highest BCUT2D eigenvalue weighted by Crippen LogP contribution is 2.11. The minimum Gasteiger partial charge on any atom is -0.307 e. The van der Waals surface area contributed by atoms with Crippen molar-refractivity contribution in [3.05, 3.63) is 60.8 Å². The van der Waals surface area contributed by atoms with Crippen molar-refractivity contribution in [3.8, 4) is 5.69 Å². The zero-order chi connectivity index (χ0) is 13.9. The summed E-state index contributed by atoms with van der Waals surface area (Å²) >= 11 is 0. The second-order valence-corrected chi connectivity index (χ2v) is 4.31. The van der Waals surface area contributed by atoms with E-state index in [1.54, 1.807) is 48.6 Å². The van der Waals surface area contributed by atoms with Gasteiger partial charge in [0.2, 0.25) is 0 Å². The molecule has 2 aromatic heterocycles. The minimum absolute atomic E-state index is 0.161. The van der Waals surface area contributed by atoms with E-state index in [1.165, 1.54) is 0 Å². The summed E-state index contributed by atoms with van der Waals surface area (Å²) < 4.78 is 3.49. The van der Waals surface area contributed by atoms with Crippen molar-refractivity contribution in [2.24, 2.45) is 7.05 Å². The average Bonchev–Trinajstić information content (AvgIpc) is 3.12. The number of benzene rings is 1. The van der Waals surface area contributed by atoms with Crippen LogP contribution in [-0.4, -0.2) is 25.2 Å². The largest absolute Gasteiger partial charge is 0.307 e. The number of carbonyl (C=O) groups is 1. The van der Waals surface area contributed by atoms with Gasteiger partial charge in [0, 0.05) is 36.8 Å². The summed E-state index contributed by atoms with van der Waals surface area (Å²) in [7, 11) is 1.78. The fourth-order valence-corrected chi connectivity index (χ4v) is 1.88. The molecular formula is C14H13N5O. The van der Waals surface area contributed by atoms with Crippen molar-refractivity contribution >= 4 is 11.7 Å². The molecule has 0 saturated heterocycles. The van der Waals surface area contributed by atoms with Crippen LogP contribution in [0.15, 0.2) is 55.2 Å². The SMILES string of the molecule is Cn1nccc1NC(=O)c1ccc(-n2ccnc2)cc1. The molecule has 1 aromatic carbocycles. The summed E-state index contributed by atoms with van der Waals surface area (Å²) in [6.07, 6.45) is 6.91. The fraction of sp³-hybridized carbons (Fsp3) is 0.0714. The van der Waals surface area contributed by atoms with E-state index in [0.717, 1.165) is 5.69 Å². The number of anilines is 1. The van der Waals surface area contributed by atoms with Gasteiger partial charge < -0.3 is 9.88 Å². The van der Waals surface area contributed by atoms with Crippen LogP contribution in [0.3, 0.4) is 0 Å². The molecule has 0 atom stereocenters. The highest BCUT2D eigenvalue weighted by molar-refractivity contribution is 6.03. The summed E-state index contributed by atoms with van der Waals surface area (Å²) in [4.78, 5) is 16.1. The summed E-state index contributed by atoms with van der Waals surface area (Å²) in [6, 6.07) is 9.06. The van der Waals surface area contributed by atoms with Gasteiger partial charge in [0.1, 0.15) is 5.82 Å². The Hall–Kier alpha value is -2.89. The van der Waals surface area contributed by atoms with Gasteiger partial charge in [-0.25, -0.2) is 4.98 Å². The highest BCUT2D eigenvalue weighted by atomic mass is 16.1. The van der Waals surface area contributed by atoms with Gasteiger partial charge in [-0.15, -0.1) is 0 Å². The van der Waals surface area contributed by atoms with Crippen LogP contribution in [0.4, 0.5) is 5.82 Å². The Kier molecular flexibility index (Phi) is 3.04. The molecule has 6 heteroatoms. The Balaban J connectivity index is 1.78. The van der Waals surface area contributed by atoms with Crippen LogP contribution in [-0.2, 0) is 7.05 Å². The molecule has 0 saturated carbocycles. The number of carbonyl (C=O) groups excluding carboxylic acids is 1. The normalized spacial score (nSPS) is 10.4. The maximum atomic E-state index is 12.1. The van der Waals surface area contributed by atoms with Crippen LogP contribution in [0.2, 0.25) is 0 Å². The van der Waals surface area contributed by atoms with Crippen LogP contribution < -0.4 is 5.32 Å². The number of nitrogens with zero attached hydrogens (tertiary/aromatic N) is 4. The molecule has 0 unspecified atom stereocenters. The summed E-state index contributed by atoms with van der Waals surface area (Å²) in [5.74, 6) is 0.500. The van der Waals surface area contributed by atoms with E-state index in [4.69, 9.17) is 0 Å². The number of imidazole rings is 1. The van der Waals surface area contributed by atoms with Crippen molar-refractivity contribution in [1.29, 1.82) is 0 Å². The molecule has 0 aliphatic carbocycles. The lowest BCUT2D eigenvalue weighted by atomic mass is 10.2. The zero-order valence-electron chi connectivity index (χ0n) is 10.9. The second-order valence-electron chi connectivity index (χ2n) is 4.31. The number of nitrogens with one attached hydrogen (secondary N) is 1. The molecule has 1 amide bonds. The Bertz CT molecular complexity index is 712. The predicted octanol–water partition coefficient (Wildman–Crippen LogP) is 1.86. The first-order chi connectivity index (χ1) is 9.74. The van der Waals surface area contributed by atoms with Crippen LogP contribution >= 0.6 is 0 Å². The van der Waals surface area contributed by atoms with Crippen molar-refractivity contribution in [1.82, 2.24) is 19.3 Å². The maximum Gasteiger partial charge on any atom is 0.256 e. The van der Waals surface area contributed by atoms with Gasteiger partial charge in [0.05, 0.1) is 12.5 Å². The molecule has 0 bridgehead atoms. The number of hydrogen-bond donors (Lipinski definition) is 1. The lowest BCUT2D eigenvalue weighted by Gasteiger charge is -2.06. The van der Waals surface area contributed by atoms with Gasteiger partial charge in [-0.2, -0.15) is 5.10 Å². The monoisotopic (exact) mass is 267 g/mol. The maximum absolute atomic E-state index is 12.1. The van der Waals surface area contributed by atoms with Crippen LogP contribution in [0, 0.1) is 0 Å². The van der Waals surface area contributed by atoms with Crippen molar-refractivity contribution < 1.29 is 4.79 Å². The fourth-order valence-electron chi connectivity index (χ4n) is 1.88. The van der Waals surface area contributed by atoms with Gasteiger partial charge in [-0.1, -0.05) is 0 Å². The third-order valence-electron chi connectivity index (χ3n) is 2.99.